The van der Waals surface area contributed by atoms with Crippen LogP contribution in [0.15, 0.2) is 30.3 Å². The molecule has 1 saturated heterocycles. The van der Waals surface area contributed by atoms with Crippen molar-refractivity contribution in [3.05, 3.63) is 35.9 Å². The molecule has 0 aromatic heterocycles. The molecule has 0 unspecified atom stereocenters. The lowest BCUT2D eigenvalue weighted by Gasteiger charge is -2.27. The molecule has 1 aromatic rings. The van der Waals surface area contributed by atoms with Crippen molar-refractivity contribution in [1.29, 1.82) is 0 Å². The Hall–Kier alpha value is -1.19. The lowest BCUT2D eigenvalue weighted by molar-refractivity contribution is -0.168. The van der Waals surface area contributed by atoms with Crippen LogP contribution in [0, 0.1) is 0 Å². The molecular weight excluding hydrogens is 300 g/mol. The fourth-order valence-electron chi connectivity index (χ4n) is 3.43. The molecule has 0 amide bonds. The lowest BCUT2D eigenvalue weighted by atomic mass is 9.98. The van der Waals surface area contributed by atoms with E-state index in [2.05, 4.69) is 30.3 Å². The van der Waals surface area contributed by atoms with Crippen molar-refractivity contribution in [2.24, 2.45) is 0 Å². The number of aldehydes is 1. The molecule has 0 atom stereocenters. The first-order valence-corrected chi connectivity index (χ1v) is 9.60. The fourth-order valence-corrected chi connectivity index (χ4v) is 3.43. The van der Waals surface area contributed by atoms with E-state index in [4.69, 9.17) is 9.47 Å². The summed E-state index contributed by atoms with van der Waals surface area (Å²) in [5.41, 5.74) is 1.41. The van der Waals surface area contributed by atoms with Gasteiger partial charge in [0.1, 0.15) is 6.29 Å². The summed E-state index contributed by atoms with van der Waals surface area (Å²) in [5.74, 6) is -0.320. The predicted octanol–water partition coefficient (Wildman–Crippen LogP) is 5.07. The number of aryl methyl sites for hydroxylation is 1. The van der Waals surface area contributed by atoms with Crippen LogP contribution in [0.2, 0.25) is 0 Å². The van der Waals surface area contributed by atoms with Gasteiger partial charge in [-0.05, 0) is 37.7 Å². The standard InChI is InChI=1S/C21H32O3/c22-17-11-4-2-1-3-9-15-21(23-18-19-24-21)16-10-8-14-20-12-6-5-7-13-20/h5-7,12-13,17H,1-4,8-11,14-16,18-19H2. The number of rotatable bonds is 13. The van der Waals surface area contributed by atoms with Gasteiger partial charge in [-0.25, -0.2) is 0 Å². The van der Waals surface area contributed by atoms with Crippen LogP contribution < -0.4 is 0 Å². The van der Waals surface area contributed by atoms with Crippen molar-refractivity contribution in [1.82, 2.24) is 0 Å². The van der Waals surface area contributed by atoms with Crippen molar-refractivity contribution in [2.75, 3.05) is 13.2 Å². The zero-order chi connectivity index (χ0) is 16.9. The molecule has 2 rings (SSSR count). The summed E-state index contributed by atoms with van der Waals surface area (Å²) in [6.07, 6.45) is 13.0. The molecule has 24 heavy (non-hydrogen) atoms. The molecule has 0 bridgehead atoms. The largest absolute Gasteiger partial charge is 0.348 e. The third-order valence-corrected chi connectivity index (χ3v) is 4.81. The van der Waals surface area contributed by atoms with Gasteiger partial charge in [-0.3, -0.25) is 0 Å². The van der Waals surface area contributed by atoms with Gasteiger partial charge in [-0.2, -0.15) is 0 Å². The first-order chi connectivity index (χ1) is 11.8. The van der Waals surface area contributed by atoms with Gasteiger partial charge in [0.25, 0.3) is 0 Å². The first-order valence-electron chi connectivity index (χ1n) is 9.60. The predicted molar refractivity (Wildman–Crippen MR) is 97.0 cm³/mol. The van der Waals surface area contributed by atoms with Gasteiger partial charge in [0.15, 0.2) is 5.79 Å². The molecule has 0 radical (unpaired) electrons. The Morgan fingerprint density at radius 1 is 0.833 bits per heavy atom. The molecule has 1 aliphatic rings. The number of carbonyl (C=O) groups is 1. The highest BCUT2D eigenvalue weighted by Gasteiger charge is 2.35. The normalized spacial score (nSPS) is 16.3. The Kier molecular flexibility index (Phi) is 9.07. The number of carbonyl (C=O) groups excluding carboxylic acids is 1. The molecule has 0 saturated carbocycles. The van der Waals surface area contributed by atoms with Gasteiger partial charge >= 0.3 is 0 Å². The summed E-state index contributed by atoms with van der Waals surface area (Å²) >= 11 is 0. The Morgan fingerprint density at radius 3 is 2.17 bits per heavy atom. The van der Waals surface area contributed by atoms with E-state index in [0.29, 0.717) is 6.42 Å². The van der Waals surface area contributed by atoms with Crippen molar-refractivity contribution in [3.8, 4) is 0 Å². The minimum absolute atomic E-state index is 0.320. The molecule has 1 heterocycles. The van der Waals surface area contributed by atoms with E-state index in [1.54, 1.807) is 0 Å². The molecule has 1 aliphatic heterocycles. The maximum absolute atomic E-state index is 10.3. The Labute approximate surface area is 146 Å². The molecule has 0 N–H and O–H groups in total. The summed E-state index contributed by atoms with van der Waals surface area (Å²) in [4.78, 5) is 10.3. The van der Waals surface area contributed by atoms with E-state index in [1.165, 1.54) is 24.8 Å². The van der Waals surface area contributed by atoms with E-state index in [9.17, 15) is 4.79 Å². The van der Waals surface area contributed by atoms with Gasteiger partial charge in [-0.15, -0.1) is 0 Å². The van der Waals surface area contributed by atoms with E-state index in [-0.39, 0.29) is 5.79 Å². The highest BCUT2D eigenvalue weighted by Crippen LogP contribution is 2.31. The second-order valence-corrected chi connectivity index (χ2v) is 6.77. The highest BCUT2D eigenvalue weighted by molar-refractivity contribution is 5.48. The number of hydrogen-bond acceptors (Lipinski definition) is 3. The first kappa shape index (κ1) is 19.1. The fraction of sp³-hybridized carbons (Fsp3) is 0.667. The molecule has 0 aliphatic carbocycles. The van der Waals surface area contributed by atoms with Gasteiger partial charge in [0.2, 0.25) is 0 Å². The van der Waals surface area contributed by atoms with Crippen molar-refractivity contribution in [3.63, 3.8) is 0 Å². The number of benzene rings is 1. The van der Waals surface area contributed by atoms with Gasteiger partial charge in [-0.1, -0.05) is 49.6 Å². The van der Waals surface area contributed by atoms with E-state index in [0.717, 1.165) is 64.4 Å². The molecule has 1 fully saturated rings. The van der Waals surface area contributed by atoms with Crippen LogP contribution in [0.5, 0.6) is 0 Å². The number of ether oxygens (including phenoxy) is 2. The van der Waals surface area contributed by atoms with Crippen molar-refractivity contribution < 1.29 is 14.3 Å². The molecular formula is C21H32O3. The molecule has 134 valence electrons. The Balaban J connectivity index is 1.60. The Bertz CT molecular complexity index is 438. The van der Waals surface area contributed by atoms with Crippen LogP contribution in [0.3, 0.4) is 0 Å². The van der Waals surface area contributed by atoms with E-state index in [1.807, 2.05) is 0 Å². The van der Waals surface area contributed by atoms with Crippen LogP contribution in [0.1, 0.15) is 69.8 Å². The number of hydrogen-bond donors (Lipinski definition) is 0. The molecule has 3 nitrogen and oxygen atoms in total. The third kappa shape index (κ3) is 7.14. The highest BCUT2D eigenvalue weighted by atomic mass is 16.7. The number of unbranched alkanes of at least 4 members (excludes halogenated alkanes) is 6. The van der Waals surface area contributed by atoms with Crippen LogP contribution in [0.25, 0.3) is 0 Å². The SMILES string of the molecule is O=CCCCCCCCC1(CCCCc2ccccc2)OCCO1. The third-order valence-electron chi connectivity index (χ3n) is 4.81. The summed E-state index contributed by atoms with van der Waals surface area (Å²) in [7, 11) is 0. The zero-order valence-electron chi connectivity index (χ0n) is 14.9. The lowest BCUT2D eigenvalue weighted by Crippen LogP contribution is -2.30. The second-order valence-electron chi connectivity index (χ2n) is 6.77. The van der Waals surface area contributed by atoms with Crippen LogP contribution >= 0.6 is 0 Å². The Morgan fingerprint density at radius 2 is 1.46 bits per heavy atom. The minimum atomic E-state index is -0.320. The summed E-state index contributed by atoms with van der Waals surface area (Å²) in [5, 5.41) is 0. The van der Waals surface area contributed by atoms with E-state index < -0.39 is 0 Å². The summed E-state index contributed by atoms with van der Waals surface area (Å²) in [6.45, 7) is 1.47. The van der Waals surface area contributed by atoms with Crippen LogP contribution in [0.4, 0.5) is 0 Å². The summed E-state index contributed by atoms with van der Waals surface area (Å²) < 4.78 is 11.9. The van der Waals surface area contributed by atoms with Crippen LogP contribution in [-0.2, 0) is 20.7 Å². The van der Waals surface area contributed by atoms with Crippen LogP contribution in [-0.4, -0.2) is 25.3 Å². The second kappa shape index (κ2) is 11.4. The van der Waals surface area contributed by atoms with Gasteiger partial charge < -0.3 is 14.3 Å². The molecule has 1 aromatic carbocycles. The molecule has 0 spiro atoms. The average molecular weight is 332 g/mol. The van der Waals surface area contributed by atoms with Crippen molar-refractivity contribution in [2.45, 2.75) is 76.4 Å². The minimum Gasteiger partial charge on any atom is -0.348 e. The van der Waals surface area contributed by atoms with Crippen molar-refractivity contribution >= 4 is 6.29 Å². The quantitative estimate of drug-likeness (QED) is 0.373. The van der Waals surface area contributed by atoms with E-state index >= 15 is 0 Å². The zero-order valence-corrected chi connectivity index (χ0v) is 14.9. The monoisotopic (exact) mass is 332 g/mol. The average Bonchev–Trinajstić information content (AvgIpc) is 3.08. The van der Waals surface area contributed by atoms with Gasteiger partial charge in [0.05, 0.1) is 13.2 Å². The maximum atomic E-state index is 10.3. The van der Waals surface area contributed by atoms with Gasteiger partial charge in [0, 0.05) is 19.3 Å². The summed E-state index contributed by atoms with van der Waals surface area (Å²) in [6, 6.07) is 10.7. The maximum Gasteiger partial charge on any atom is 0.168 e. The smallest absolute Gasteiger partial charge is 0.168 e. The molecule has 3 heteroatoms. The topological polar surface area (TPSA) is 35.5 Å².